The van der Waals surface area contributed by atoms with Crippen molar-refractivity contribution < 1.29 is 41.8 Å². The maximum absolute atomic E-state index is 15.5. The molecule has 1 fully saturated rings. The highest BCUT2D eigenvalue weighted by molar-refractivity contribution is 6.08. The number of amides is 5. The standard InChI is InChI=1S/C31H26F2N4O7/c1-42-23-8-7-19(9-22(23)32)13-36(16-38)15-31(24-11-20-10-21-12-34-28(39)25(21)26(33)27(20)44-24)29(40)37(30(41)35-31)17-43-14-18-5-3-2-4-6-18/h2-11,16H,12-15,17H2,1H3,(H,34,39)(H,35,41)/t31-/m0/s1. The van der Waals surface area contributed by atoms with Gasteiger partial charge >= 0.3 is 6.03 Å². The predicted molar refractivity (Wildman–Crippen MR) is 150 cm³/mol. The van der Waals surface area contributed by atoms with Crippen LogP contribution in [0.25, 0.3) is 11.0 Å². The van der Waals surface area contributed by atoms with Gasteiger partial charge in [0, 0.05) is 18.5 Å². The van der Waals surface area contributed by atoms with E-state index in [0.717, 1.165) is 15.4 Å². The predicted octanol–water partition coefficient (Wildman–Crippen LogP) is 3.54. The number of benzene rings is 3. The third kappa shape index (κ3) is 5.00. The highest BCUT2D eigenvalue weighted by Gasteiger charge is 2.56. The summed E-state index contributed by atoms with van der Waals surface area (Å²) in [6.45, 7) is -0.798. The van der Waals surface area contributed by atoms with E-state index in [1.165, 1.54) is 25.3 Å². The number of fused-ring (bicyclic) bond motifs is 2. The molecule has 6 rings (SSSR count). The second-order valence-electron chi connectivity index (χ2n) is 10.4. The molecule has 0 aliphatic carbocycles. The number of imide groups is 1. The third-order valence-electron chi connectivity index (χ3n) is 7.62. The second kappa shape index (κ2) is 11.4. The zero-order chi connectivity index (χ0) is 31.0. The van der Waals surface area contributed by atoms with E-state index < -0.39 is 48.3 Å². The molecule has 0 radical (unpaired) electrons. The summed E-state index contributed by atoms with van der Waals surface area (Å²) in [5, 5.41) is 5.43. The summed E-state index contributed by atoms with van der Waals surface area (Å²) in [6, 6.07) is 15.4. The summed E-state index contributed by atoms with van der Waals surface area (Å²) in [7, 11) is 1.32. The number of rotatable bonds is 11. The van der Waals surface area contributed by atoms with Gasteiger partial charge < -0.3 is 29.4 Å². The van der Waals surface area contributed by atoms with Crippen molar-refractivity contribution in [2.45, 2.75) is 25.2 Å². The number of nitrogens with one attached hydrogen (secondary N) is 2. The average molecular weight is 605 g/mol. The van der Waals surface area contributed by atoms with Crippen LogP contribution < -0.4 is 15.4 Å². The number of furan rings is 1. The molecular weight excluding hydrogens is 578 g/mol. The van der Waals surface area contributed by atoms with Crippen molar-refractivity contribution in [2.24, 2.45) is 0 Å². The zero-order valence-electron chi connectivity index (χ0n) is 23.4. The van der Waals surface area contributed by atoms with Crippen molar-refractivity contribution in [1.29, 1.82) is 0 Å². The lowest BCUT2D eigenvalue weighted by molar-refractivity contribution is -0.137. The molecule has 2 aliphatic rings. The molecule has 1 atom stereocenters. The number of nitrogens with zero attached hydrogens (tertiary/aromatic N) is 2. The minimum absolute atomic E-state index is 0.0112. The van der Waals surface area contributed by atoms with Crippen molar-refractivity contribution in [3.8, 4) is 5.75 Å². The summed E-state index contributed by atoms with van der Waals surface area (Å²) in [6.07, 6.45) is 0.444. The Balaban J connectivity index is 1.35. The number of carbonyl (C=O) groups excluding carboxylic acids is 4. The molecule has 3 aromatic carbocycles. The molecule has 1 aromatic heterocycles. The number of methoxy groups -OCH3 is 1. The lowest BCUT2D eigenvalue weighted by atomic mass is 9.94. The van der Waals surface area contributed by atoms with Crippen molar-refractivity contribution in [3.05, 3.63) is 100 Å². The van der Waals surface area contributed by atoms with Crippen molar-refractivity contribution in [1.82, 2.24) is 20.4 Å². The lowest BCUT2D eigenvalue weighted by Gasteiger charge is -2.30. The lowest BCUT2D eigenvalue weighted by Crippen LogP contribution is -2.52. The van der Waals surface area contributed by atoms with E-state index in [9.17, 15) is 23.6 Å². The second-order valence-corrected chi connectivity index (χ2v) is 10.4. The van der Waals surface area contributed by atoms with Crippen LogP contribution in [-0.2, 0) is 39.6 Å². The zero-order valence-corrected chi connectivity index (χ0v) is 23.4. The van der Waals surface area contributed by atoms with Gasteiger partial charge in [-0.25, -0.2) is 18.5 Å². The van der Waals surface area contributed by atoms with Gasteiger partial charge in [-0.2, -0.15) is 0 Å². The van der Waals surface area contributed by atoms with Gasteiger partial charge in [0.2, 0.25) is 6.41 Å². The number of urea groups is 1. The first-order valence-electron chi connectivity index (χ1n) is 13.5. The number of halogens is 2. The van der Waals surface area contributed by atoms with Crippen LogP contribution in [0, 0.1) is 11.6 Å². The average Bonchev–Trinajstić information content (AvgIpc) is 3.69. The molecule has 3 heterocycles. The van der Waals surface area contributed by atoms with Gasteiger partial charge in [0.15, 0.2) is 28.5 Å². The minimum atomic E-state index is -2.00. The fourth-order valence-electron chi connectivity index (χ4n) is 5.46. The van der Waals surface area contributed by atoms with Crippen molar-refractivity contribution >= 4 is 35.2 Å². The molecule has 2 aliphatic heterocycles. The SMILES string of the molecule is COc1ccc(CN(C=O)C[C@@]2(c3cc4cc5c(c(F)c4o3)C(=O)NC5)NC(=O)N(COCc3ccccc3)C2=O)cc1F. The Labute approximate surface area is 249 Å². The number of carbonyl (C=O) groups is 4. The molecule has 5 amide bonds. The number of hydrogen-bond donors (Lipinski definition) is 2. The van der Waals surface area contributed by atoms with Gasteiger partial charge in [-0.05, 0) is 41.0 Å². The summed E-state index contributed by atoms with van der Waals surface area (Å²) in [5.74, 6) is -3.12. The molecule has 1 saturated heterocycles. The van der Waals surface area contributed by atoms with Crippen LogP contribution in [0.4, 0.5) is 13.6 Å². The Morgan fingerprint density at radius 1 is 1.07 bits per heavy atom. The van der Waals surface area contributed by atoms with Gasteiger partial charge in [-0.1, -0.05) is 36.4 Å². The molecule has 2 N–H and O–H groups in total. The minimum Gasteiger partial charge on any atom is -0.494 e. The van der Waals surface area contributed by atoms with E-state index in [1.807, 2.05) is 30.3 Å². The first kappa shape index (κ1) is 28.8. The summed E-state index contributed by atoms with van der Waals surface area (Å²) >= 11 is 0. The van der Waals surface area contributed by atoms with Crippen LogP contribution in [0.1, 0.15) is 32.8 Å². The molecular formula is C31H26F2N4O7. The Morgan fingerprint density at radius 2 is 1.86 bits per heavy atom. The van der Waals surface area contributed by atoms with Gasteiger partial charge in [0.1, 0.15) is 12.5 Å². The van der Waals surface area contributed by atoms with Gasteiger partial charge in [-0.3, -0.25) is 14.4 Å². The summed E-state index contributed by atoms with van der Waals surface area (Å²) < 4.78 is 46.3. The van der Waals surface area contributed by atoms with Crippen LogP contribution in [-0.4, -0.2) is 54.4 Å². The van der Waals surface area contributed by atoms with Crippen molar-refractivity contribution in [2.75, 3.05) is 20.4 Å². The van der Waals surface area contributed by atoms with Crippen LogP contribution in [0.15, 0.2) is 65.1 Å². The fraction of sp³-hybridized carbons (Fsp3) is 0.226. The van der Waals surface area contributed by atoms with E-state index in [4.69, 9.17) is 13.9 Å². The number of ether oxygens (including phenoxy) is 2. The highest BCUT2D eigenvalue weighted by atomic mass is 19.1. The molecule has 0 saturated carbocycles. The van der Waals surface area contributed by atoms with Crippen LogP contribution in [0.3, 0.4) is 0 Å². The first-order valence-corrected chi connectivity index (χ1v) is 13.5. The quantitative estimate of drug-likeness (QED) is 0.198. The van der Waals surface area contributed by atoms with Gasteiger partial charge in [-0.15, -0.1) is 0 Å². The van der Waals surface area contributed by atoms with Crippen molar-refractivity contribution in [3.63, 3.8) is 0 Å². The Bertz CT molecular complexity index is 1790. The van der Waals surface area contributed by atoms with Crippen LogP contribution in [0.5, 0.6) is 5.75 Å². The smallest absolute Gasteiger partial charge is 0.327 e. The Morgan fingerprint density at radius 3 is 2.59 bits per heavy atom. The Kier molecular flexibility index (Phi) is 7.47. The first-order chi connectivity index (χ1) is 21.2. The van der Waals surface area contributed by atoms with E-state index in [1.54, 1.807) is 12.1 Å². The van der Waals surface area contributed by atoms with Crippen LogP contribution >= 0.6 is 0 Å². The monoisotopic (exact) mass is 604 g/mol. The largest absolute Gasteiger partial charge is 0.494 e. The molecule has 226 valence electrons. The van der Waals surface area contributed by atoms with Gasteiger partial charge in [0.25, 0.3) is 11.8 Å². The molecule has 44 heavy (non-hydrogen) atoms. The maximum Gasteiger partial charge on any atom is 0.327 e. The van der Waals surface area contributed by atoms with E-state index >= 15 is 4.39 Å². The molecule has 0 unspecified atom stereocenters. The summed E-state index contributed by atoms with van der Waals surface area (Å²) in [4.78, 5) is 53.8. The molecule has 0 bridgehead atoms. The maximum atomic E-state index is 15.5. The van der Waals surface area contributed by atoms with Crippen LogP contribution in [0.2, 0.25) is 0 Å². The van der Waals surface area contributed by atoms with E-state index in [2.05, 4.69) is 10.6 Å². The topological polar surface area (TPSA) is 130 Å². The van der Waals surface area contributed by atoms with E-state index in [-0.39, 0.29) is 47.7 Å². The highest BCUT2D eigenvalue weighted by Crippen LogP contribution is 2.37. The Hall–Kier alpha value is -5.30. The summed E-state index contributed by atoms with van der Waals surface area (Å²) in [5.41, 5.74) is -0.850. The third-order valence-corrected chi connectivity index (χ3v) is 7.62. The fourth-order valence-corrected chi connectivity index (χ4v) is 5.46. The normalized spacial score (nSPS) is 17.5. The molecule has 11 nitrogen and oxygen atoms in total. The van der Waals surface area contributed by atoms with Gasteiger partial charge in [0.05, 0.1) is 25.8 Å². The molecule has 4 aromatic rings. The molecule has 13 heteroatoms. The van der Waals surface area contributed by atoms with E-state index in [0.29, 0.717) is 17.5 Å². The molecule has 0 spiro atoms. The number of hydrogen-bond acceptors (Lipinski definition) is 7.